The van der Waals surface area contributed by atoms with Gasteiger partial charge < -0.3 is 24.8 Å². The number of carbonyl (C=O) groups is 1. The van der Waals surface area contributed by atoms with Crippen molar-refractivity contribution in [2.45, 2.75) is 44.9 Å². The predicted molar refractivity (Wildman–Crippen MR) is 133 cm³/mol. The number of nitrogens with two attached hydrogens (primary N) is 1. The Balaban J connectivity index is 1.45. The summed E-state index contributed by atoms with van der Waals surface area (Å²) in [5.74, 6) is 1.17. The van der Waals surface area contributed by atoms with Crippen molar-refractivity contribution in [3.63, 3.8) is 0 Å². The van der Waals surface area contributed by atoms with Gasteiger partial charge in [-0.05, 0) is 30.7 Å². The van der Waals surface area contributed by atoms with Gasteiger partial charge in [-0.2, -0.15) is 0 Å². The maximum absolute atomic E-state index is 11.5. The fraction of sp³-hybridized carbons (Fsp3) is 0.478. The van der Waals surface area contributed by atoms with Crippen LogP contribution in [0.1, 0.15) is 16.9 Å². The number of hydrogen-bond donors (Lipinski definition) is 1. The molecule has 9 nitrogen and oxygen atoms in total. The first-order chi connectivity index (χ1) is 15.7. The highest BCUT2D eigenvalue weighted by atomic mass is 28.3. The summed E-state index contributed by atoms with van der Waals surface area (Å²) >= 11 is 0. The fourth-order valence-corrected chi connectivity index (χ4v) is 4.84. The van der Waals surface area contributed by atoms with E-state index in [4.69, 9.17) is 10.5 Å². The Kier molecular flexibility index (Phi) is 6.66. The molecule has 4 heterocycles. The average molecular weight is 468 g/mol. The normalized spacial score (nSPS) is 16.5. The van der Waals surface area contributed by atoms with Crippen molar-refractivity contribution in [1.82, 2.24) is 19.5 Å². The quantitative estimate of drug-likeness (QED) is 0.381. The minimum Gasteiger partial charge on any atom is -0.364 e. The van der Waals surface area contributed by atoms with Crippen LogP contribution >= 0.6 is 0 Å². The van der Waals surface area contributed by atoms with E-state index in [-0.39, 0.29) is 11.7 Å². The van der Waals surface area contributed by atoms with E-state index in [0.29, 0.717) is 6.73 Å². The second kappa shape index (κ2) is 9.48. The van der Waals surface area contributed by atoms with Crippen LogP contribution in [0.3, 0.4) is 0 Å². The zero-order valence-electron chi connectivity index (χ0n) is 19.9. The Morgan fingerprint density at radius 3 is 2.85 bits per heavy atom. The van der Waals surface area contributed by atoms with Gasteiger partial charge in [-0.3, -0.25) is 4.79 Å². The van der Waals surface area contributed by atoms with Gasteiger partial charge >= 0.3 is 0 Å². The van der Waals surface area contributed by atoms with Gasteiger partial charge in [-0.15, -0.1) is 0 Å². The van der Waals surface area contributed by atoms with Gasteiger partial charge in [-0.1, -0.05) is 25.7 Å². The molecule has 1 amide bonds. The molecule has 1 aliphatic heterocycles. The molecule has 0 bridgehead atoms. The number of aromatic nitrogens is 4. The van der Waals surface area contributed by atoms with Crippen molar-refractivity contribution in [3.8, 4) is 0 Å². The van der Waals surface area contributed by atoms with E-state index in [9.17, 15) is 4.79 Å². The van der Waals surface area contributed by atoms with Gasteiger partial charge in [0.2, 0.25) is 0 Å². The monoisotopic (exact) mass is 467 g/mol. The highest BCUT2D eigenvalue weighted by molar-refractivity contribution is 6.76. The second-order valence-corrected chi connectivity index (χ2v) is 15.4. The molecule has 2 N–H and O–H groups in total. The Morgan fingerprint density at radius 2 is 2.09 bits per heavy atom. The first-order valence-electron chi connectivity index (χ1n) is 11.4. The van der Waals surface area contributed by atoms with Crippen molar-refractivity contribution in [2.24, 2.45) is 5.73 Å². The number of ether oxygens (including phenoxy) is 1. The van der Waals surface area contributed by atoms with Gasteiger partial charge in [0.15, 0.2) is 0 Å². The van der Waals surface area contributed by atoms with Crippen molar-refractivity contribution in [1.29, 1.82) is 0 Å². The molecule has 1 atom stereocenters. The lowest BCUT2D eigenvalue weighted by Gasteiger charge is -2.26. The summed E-state index contributed by atoms with van der Waals surface area (Å²) in [6.07, 6.45) is 4.62. The van der Waals surface area contributed by atoms with E-state index in [1.54, 1.807) is 12.4 Å². The molecule has 0 aliphatic carbocycles. The van der Waals surface area contributed by atoms with Crippen LogP contribution in [0.15, 0.2) is 36.8 Å². The van der Waals surface area contributed by atoms with E-state index in [2.05, 4.69) is 50.5 Å². The molecule has 0 spiro atoms. The zero-order chi connectivity index (χ0) is 23.6. The van der Waals surface area contributed by atoms with Crippen LogP contribution in [0.25, 0.3) is 11.0 Å². The lowest BCUT2D eigenvalue weighted by Crippen LogP contribution is -2.35. The van der Waals surface area contributed by atoms with E-state index in [1.807, 2.05) is 29.9 Å². The molecule has 176 valence electrons. The number of primary amides is 1. The number of likely N-dealkylation sites (N-methyl/N-ethyl adjacent to an activating group) is 1. The number of amides is 1. The largest absolute Gasteiger partial charge is 0.364 e. The molecule has 0 saturated carbocycles. The molecule has 3 aromatic heterocycles. The van der Waals surface area contributed by atoms with E-state index in [0.717, 1.165) is 54.8 Å². The van der Waals surface area contributed by atoms with Crippen molar-refractivity contribution in [3.05, 3.63) is 42.5 Å². The molecule has 3 aromatic rings. The predicted octanol–water partition coefficient (Wildman–Crippen LogP) is 2.95. The first kappa shape index (κ1) is 23.2. The van der Waals surface area contributed by atoms with Crippen molar-refractivity contribution in [2.75, 3.05) is 36.5 Å². The lowest BCUT2D eigenvalue weighted by atomic mass is 10.2. The minimum atomic E-state index is -1.11. The van der Waals surface area contributed by atoms with E-state index >= 15 is 0 Å². The van der Waals surface area contributed by atoms with Crippen LogP contribution in [-0.4, -0.2) is 66.3 Å². The van der Waals surface area contributed by atoms with Crippen LogP contribution in [0, 0.1) is 0 Å². The first-order valence-corrected chi connectivity index (χ1v) is 15.1. The number of rotatable bonds is 9. The molecule has 1 fully saturated rings. The van der Waals surface area contributed by atoms with Crippen LogP contribution in [0.5, 0.6) is 0 Å². The molecule has 4 rings (SSSR count). The van der Waals surface area contributed by atoms with Crippen molar-refractivity contribution >= 4 is 36.7 Å². The van der Waals surface area contributed by atoms with Crippen LogP contribution < -0.4 is 15.5 Å². The summed E-state index contributed by atoms with van der Waals surface area (Å²) in [4.78, 5) is 29.4. The number of anilines is 2. The van der Waals surface area contributed by atoms with Gasteiger partial charge in [0.25, 0.3) is 5.91 Å². The average Bonchev–Trinajstić information content (AvgIpc) is 3.43. The number of hydrogen-bond acceptors (Lipinski definition) is 7. The summed E-state index contributed by atoms with van der Waals surface area (Å²) in [5.41, 5.74) is 6.56. The molecule has 10 heteroatoms. The van der Waals surface area contributed by atoms with Crippen LogP contribution in [0.4, 0.5) is 11.6 Å². The van der Waals surface area contributed by atoms with Crippen LogP contribution in [-0.2, 0) is 11.5 Å². The Bertz CT molecular complexity index is 1130. The molecule has 33 heavy (non-hydrogen) atoms. The number of pyridine rings is 1. The molecule has 1 aliphatic rings. The number of nitrogens with zero attached hydrogens (tertiary/aromatic N) is 6. The highest BCUT2D eigenvalue weighted by Crippen LogP contribution is 2.29. The maximum atomic E-state index is 11.5. The molecule has 0 aromatic carbocycles. The molecule has 1 saturated heterocycles. The zero-order valence-corrected chi connectivity index (χ0v) is 20.9. The summed E-state index contributed by atoms with van der Waals surface area (Å²) < 4.78 is 7.97. The minimum absolute atomic E-state index is 0.248. The van der Waals surface area contributed by atoms with E-state index in [1.165, 1.54) is 0 Å². The topological polar surface area (TPSA) is 102 Å². The van der Waals surface area contributed by atoms with Crippen molar-refractivity contribution < 1.29 is 9.53 Å². The Labute approximate surface area is 195 Å². The third-order valence-electron chi connectivity index (χ3n) is 6.12. The third kappa shape index (κ3) is 5.33. The Hall–Kier alpha value is -2.98. The van der Waals surface area contributed by atoms with Crippen LogP contribution in [0.2, 0.25) is 25.7 Å². The molecular formula is C23H33N7O2Si. The summed E-state index contributed by atoms with van der Waals surface area (Å²) in [6.45, 7) is 10.0. The summed E-state index contributed by atoms with van der Waals surface area (Å²) in [6, 6.07) is 8.82. The lowest BCUT2D eigenvalue weighted by molar-refractivity contribution is 0.0899. The molecule has 0 radical (unpaired) electrons. The summed E-state index contributed by atoms with van der Waals surface area (Å²) in [7, 11) is 0.898. The fourth-order valence-electron chi connectivity index (χ4n) is 4.08. The van der Waals surface area contributed by atoms with Gasteiger partial charge in [0.05, 0.1) is 5.39 Å². The molecule has 1 unspecified atom stereocenters. The van der Waals surface area contributed by atoms with Gasteiger partial charge in [0, 0.05) is 47.1 Å². The third-order valence-corrected chi connectivity index (χ3v) is 7.82. The molecular weight excluding hydrogens is 434 g/mol. The highest BCUT2D eigenvalue weighted by Gasteiger charge is 2.29. The maximum Gasteiger partial charge on any atom is 0.267 e. The number of carbonyl (C=O) groups excluding carboxylic acids is 1. The smallest absolute Gasteiger partial charge is 0.267 e. The SMILES string of the molecule is CN(c1cccc(C(N)=O)n1)C1CCN(c2ncnc3c2ccn3COCC[Si](C)(C)C)C1. The second-order valence-electron chi connectivity index (χ2n) is 9.81. The van der Waals surface area contributed by atoms with E-state index < -0.39 is 14.0 Å². The number of fused-ring (bicyclic) bond motifs is 1. The van der Waals surface area contributed by atoms with Gasteiger partial charge in [-0.25, -0.2) is 15.0 Å². The summed E-state index contributed by atoms with van der Waals surface area (Å²) in [5, 5.41) is 1.03. The van der Waals surface area contributed by atoms with Gasteiger partial charge in [0.1, 0.15) is 36.0 Å². The standard InChI is InChI=1S/C23H33N7O2Si/c1-28(20-7-5-6-19(27-20)21(24)31)17-8-10-29(14-17)22-18-9-11-30(23(18)26-15-25-22)16-32-12-13-33(2,3)4/h5-7,9,11,15,17H,8,10,12-14,16H2,1-4H3,(H2,24,31). The Morgan fingerprint density at radius 1 is 1.27 bits per heavy atom.